The van der Waals surface area contributed by atoms with Gasteiger partial charge in [-0.15, -0.1) is 0 Å². The van der Waals surface area contributed by atoms with Gasteiger partial charge < -0.3 is 4.74 Å². The van der Waals surface area contributed by atoms with Gasteiger partial charge in [0.1, 0.15) is 18.5 Å². The molecule has 0 aromatic heterocycles. The van der Waals surface area contributed by atoms with Crippen LogP contribution in [-0.2, 0) is 11.3 Å². The third-order valence-corrected chi connectivity index (χ3v) is 2.96. The Balaban J connectivity index is 2.04. The quantitative estimate of drug-likeness (QED) is 0.933. The van der Waals surface area contributed by atoms with Crippen LogP contribution < -0.4 is 5.32 Å². The van der Waals surface area contributed by atoms with Gasteiger partial charge in [0.15, 0.2) is 0 Å². The van der Waals surface area contributed by atoms with E-state index in [0.717, 1.165) is 5.56 Å². The van der Waals surface area contributed by atoms with E-state index < -0.39 is 11.9 Å². The van der Waals surface area contributed by atoms with E-state index in [0.29, 0.717) is 0 Å². The highest BCUT2D eigenvalue weighted by molar-refractivity contribution is 5.86. The predicted octanol–water partition coefficient (Wildman–Crippen LogP) is 3.75. The number of amides is 1. The zero-order valence-corrected chi connectivity index (χ0v) is 11.4. The molecule has 0 bridgehead atoms. The minimum absolute atomic E-state index is 0.0895. The van der Waals surface area contributed by atoms with Crippen molar-refractivity contribution in [1.29, 1.82) is 5.26 Å². The molecule has 21 heavy (non-hydrogen) atoms. The highest BCUT2D eigenvalue weighted by Gasteiger charge is 2.12. The van der Waals surface area contributed by atoms with E-state index in [1.54, 1.807) is 0 Å². The molecule has 1 amide bonds. The summed E-state index contributed by atoms with van der Waals surface area (Å²) in [5, 5.41) is 11.5. The molecule has 0 fully saturated rings. The SMILES string of the molecule is Cc1c(F)ccc(NC(=O)OCc2ccccc2)c1C#N. The summed E-state index contributed by atoms with van der Waals surface area (Å²) in [5.41, 5.74) is 1.36. The number of benzene rings is 2. The lowest BCUT2D eigenvalue weighted by atomic mass is 10.1. The molecule has 1 N–H and O–H groups in total. The zero-order chi connectivity index (χ0) is 15.2. The fourth-order valence-electron chi connectivity index (χ4n) is 1.80. The zero-order valence-electron chi connectivity index (χ0n) is 11.4. The Hall–Kier alpha value is -2.87. The number of hydrogen-bond acceptors (Lipinski definition) is 3. The molecule has 106 valence electrons. The number of ether oxygens (including phenoxy) is 1. The number of rotatable bonds is 3. The molecule has 0 aliphatic rings. The van der Waals surface area contributed by atoms with Crippen LogP contribution in [0.15, 0.2) is 42.5 Å². The molecule has 5 heteroatoms. The van der Waals surface area contributed by atoms with Crippen molar-refractivity contribution in [2.45, 2.75) is 13.5 Å². The van der Waals surface area contributed by atoms with Gasteiger partial charge in [0.25, 0.3) is 0 Å². The van der Waals surface area contributed by atoms with Gasteiger partial charge in [0.05, 0.1) is 11.3 Å². The first-order valence-electron chi connectivity index (χ1n) is 6.28. The van der Waals surface area contributed by atoms with Crippen LogP contribution in [0.1, 0.15) is 16.7 Å². The number of hydrogen-bond donors (Lipinski definition) is 1. The van der Waals surface area contributed by atoms with E-state index in [1.165, 1.54) is 19.1 Å². The molecule has 4 nitrogen and oxygen atoms in total. The maximum Gasteiger partial charge on any atom is 0.411 e. The Morgan fingerprint density at radius 3 is 2.67 bits per heavy atom. The second-order valence-corrected chi connectivity index (χ2v) is 4.39. The van der Waals surface area contributed by atoms with Gasteiger partial charge in [-0.05, 0) is 24.6 Å². The highest BCUT2D eigenvalue weighted by atomic mass is 19.1. The Labute approximate surface area is 121 Å². The smallest absolute Gasteiger partial charge is 0.411 e. The third kappa shape index (κ3) is 3.57. The van der Waals surface area contributed by atoms with Gasteiger partial charge in [-0.3, -0.25) is 5.32 Å². The molecule has 2 rings (SSSR count). The lowest BCUT2D eigenvalue weighted by molar-refractivity contribution is 0.155. The third-order valence-electron chi connectivity index (χ3n) is 2.96. The first-order valence-corrected chi connectivity index (χ1v) is 6.28. The van der Waals surface area contributed by atoms with Crippen LogP contribution in [0.25, 0.3) is 0 Å². The van der Waals surface area contributed by atoms with E-state index >= 15 is 0 Å². The van der Waals surface area contributed by atoms with Crippen molar-refractivity contribution in [3.8, 4) is 6.07 Å². The molecule has 2 aromatic rings. The molecule has 0 aliphatic carbocycles. The molecule has 0 aliphatic heterocycles. The van der Waals surface area contributed by atoms with Crippen LogP contribution in [0.3, 0.4) is 0 Å². The van der Waals surface area contributed by atoms with Crippen LogP contribution >= 0.6 is 0 Å². The van der Waals surface area contributed by atoms with Gasteiger partial charge in [0, 0.05) is 5.56 Å². The molecule has 0 unspecified atom stereocenters. The van der Waals surface area contributed by atoms with Gasteiger partial charge in [-0.2, -0.15) is 5.26 Å². The topological polar surface area (TPSA) is 62.1 Å². The summed E-state index contributed by atoms with van der Waals surface area (Å²) >= 11 is 0. The molecule has 2 aromatic carbocycles. The fourth-order valence-corrected chi connectivity index (χ4v) is 1.80. The van der Waals surface area contributed by atoms with Crippen molar-refractivity contribution in [3.63, 3.8) is 0 Å². The van der Waals surface area contributed by atoms with Crippen molar-refractivity contribution in [3.05, 3.63) is 65.0 Å². The molecule has 0 spiro atoms. The van der Waals surface area contributed by atoms with Crippen molar-refractivity contribution in [2.75, 3.05) is 5.32 Å². The average molecular weight is 284 g/mol. The Morgan fingerprint density at radius 1 is 1.29 bits per heavy atom. The number of anilines is 1. The number of halogens is 1. The number of nitrogens with zero attached hydrogens (tertiary/aromatic N) is 1. The minimum Gasteiger partial charge on any atom is -0.444 e. The summed E-state index contributed by atoms with van der Waals surface area (Å²) in [6, 6.07) is 13.6. The van der Waals surface area contributed by atoms with Crippen molar-refractivity contribution < 1.29 is 13.9 Å². The van der Waals surface area contributed by atoms with E-state index in [-0.39, 0.29) is 23.4 Å². The summed E-state index contributed by atoms with van der Waals surface area (Å²) in [6.45, 7) is 1.60. The van der Waals surface area contributed by atoms with Gasteiger partial charge in [-0.1, -0.05) is 30.3 Å². The largest absolute Gasteiger partial charge is 0.444 e. The van der Waals surface area contributed by atoms with Crippen molar-refractivity contribution in [2.24, 2.45) is 0 Å². The molecule has 0 heterocycles. The van der Waals surface area contributed by atoms with Gasteiger partial charge >= 0.3 is 6.09 Å². The van der Waals surface area contributed by atoms with Crippen LogP contribution in [0.4, 0.5) is 14.9 Å². The Kier molecular flexibility index (Phi) is 4.52. The lowest BCUT2D eigenvalue weighted by Crippen LogP contribution is -2.15. The maximum absolute atomic E-state index is 13.4. The Morgan fingerprint density at radius 2 is 2.00 bits per heavy atom. The summed E-state index contributed by atoms with van der Waals surface area (Å²) in [5.74, 6) is -0.491. The van der Waals surface area contributed by atoms with Crippen LogP contribution in [0.5, 0.6) is 0 Å². The summed E-state index contributed by atoms with van der Waals surface area (Å²) in [6.07, 6.45) is -0.693. The molecular weight excluding hydrogens is 271 g/mol. The van der Waals surface area contributed by atoms with Crippen molar-refractivity contribution in [1.82, 2.24) is 0 Å². The first kappa shape index (κ1) is 14.5. The standard InChI is InChI=1S/C16H13FN2O2/c1-11-13(9-18)15(8-7-14(11)17)19-16(20)21-10-12-5-3-2-4-6-12/h2-8H,10H2,1H3,(H,19,20). The number of carbonyl (C=O) groups is 1. The Bertz CT molecular complexity index is 693. The van der Waals surface area contributed by atoms with Gasteiger partial charge in [-0.25, -0.2) is 9.18 Å². The molecule has 0 saturated heterocycles. The molecule has 0 radical (unpaired) electrons. The van der Waals surface area contributed by atoms with Gasteiger partial charge in [0.2, 0.25) is 0 Å². The lowest BCUT2D eigenvalue weighted by Gasteiger charge is -2.10. The van der Waals surface area contributed by atoms with E-state index in [1.807, 2.05) is 36.4 Å². The van der Waals surface area contributed by atoms with E-state index in [9.17, 15) is 9.18 Å². The van der Waals surface area contributed by atoms with E-state index in [4.69, 9.17) is 10.00 Å². The summed E-state index contributed by atoms with van der Waals surface area (Å²) < 4.78 is 18.4. The monoisotopic (exact) mass is 284 g/mol. The van der Waals surface area contributed by atoms with Crippen LogP contribution in [-0.4, -0.2) is 6.09 Å². The number of carbonyl (C=O) groups excluding carboxylic acids is 1. The molecule has 0 atom stereocenters. The van der Waals surface area contributed by atoms with Crippen LogP contribution in [0, 0.1) is 24.1 Å². The van der Waals surface area contributed by atoms with E-state index in [2.05, 4.69) is 5.32 Å². The number of nitriles is 1. The predicted molar refractivity (Wildman–Crippen MR) is 76.1 cm³/mol. The fraction of sp³-hybridized carbons (Fsp3) is 0.125. The number of nitrogens with one attached hydrogen (secondary N) is 1. The highest BCUT2D eigenvalue weighted by Crippen LogP contribution is 2.21. The second kappa shape index (κ2) is 6.53. The summed E-state index contributed by atoms with van der Waals surface area (Å²) in [4.78, 5) is 11.7. The molecular formula is C16H13FN2O2. The van der Waals surface area contributed by atoms with Crippen molar-refractivity contribution >= 4 is 11.8 Å². The van der Waals surface area contributed by atoms with Crippen LogP contribution in [0.2, 0.25) is 0 Å². The minimum atomic E-state index is -0.693. The summed E-state index contributed by atoms with van der Waals surface area (Å²) in [7, 11) is 0. The average Bonchev–Trinajstić information content (AvgIpc) is 2.50. The molecule has 0 saturated carbocycles. The maximum atomic E-state index is 13.4. The second-order valence-electron chi connectivity index (χ2n) is 4.39. The normalized spacial score (nSPS) is 9.76. The first-order chi connectivity index (χ1) is 10.1.